The fourth-order valence-electron chi connectivity index (χ4n) is 3.33. The van der Waals surface area contributed by atoms with Crippen molar-refractivity contribution in [2.24, 2.45) is 0 Å². The van der Waals surface area contributed by atoms with Gasteiger partial charge in [-0.2, -0.15) is 0 Å². The Balaban J connectivity index is 1.45. The molecule has 0 radical (unpaired) electrons. The van der Waals surface area contributed by atoms with E-state index in [1.54, 1.807) is 54.6 Å². The van der Waals surface area contributed by atoms with Crippen molar-refractivity contribution in [3.8, 4) is 17.2 Å². The molecule has 0 heterocycles. The number of ether oxygens (including phenoxy) is 4. The molecule has 0 aliphatic carbocycles. The highest BCUT2D eigenvalue weighted by Gasteiger charge is 2.18. The van der Waals surface area contributed by atoms with Gasteiger partial charge in [0.25, 0.3) is 0 Å². The number of methoxy groups -OCH3 is 2. The van der Waals surface area contributed by atoms with Crippen LogP contribution in [0.2, 0.25) is 0 Å². The number of rotatable bonds is 13. The van der Waals surface area contributed by atoms with Crippen molar-refractivity contribution in [2.75, 3.05) is 27.4 Å². The number of hydrogen-bond acceptors (Lipinski definition) is 6. The van der Waals surface area contributed by atoms with Crippen molar-refractivity contribution in [3.05, 3.63) is 89.5 Å². The lowest BCUT2D eigenvalue weighted by atomic mass is 10.0. The average Bonchev–Trinajstić information content (AvgIpc) is 2.87. The summed E-state index contributed by atoms with van der Waals surface area (Å²) in [5, 5.41) is 9.14. The first-order valence-corrected chi connectivity index (χ1v) is 10.9. The summed E-state index contributed by atoms with van der Waals surface area (Å²) in [5.74, 6) is 0.731. The second-order valence-electron chi connectivity index (χ2n) is 7.52. The molecule has 0 fully saturated rings. The molecule has 3 rings (SSSR count). The van der Waals surface area contributed by atoms with Crippen LogP contribution in [-0.2, 0) is 16.0 Å². The molecule has 34 heavy (non-hydrogen) atoms. The quantitative estimate of drug-likeness (QED) is 0.296. The Labute approximate surface area is 198 Å². The van der Waals surface area contributed by atoms with Gasteiger partial charge in [-0.05, 0) is 42.0 Å². The lowest BCUT2D eigenvalue weighted by Gasteiger charge is -2.14. The van der Waals surface area contributed by atoms with Crippen molar-refractivity contribution in [2.45, 2.75) is 18.9 Å². The normalized spacial score (nSPS) is 11.5. The molecule has 0 aliphatic rings. The van der Waals surface area contributed by atoms with Crippen molar-refractivity contribution < 1.29 is 33.6 Å². The van der Waals surface area contributed by atoms with Crippen molar-refractivity contribution in [1.29, 1.82) is 0 Å². The van der Waals surface area contributed by atoms with Crippen LogP contribution in [0.5, 0.6) is 17.2 Å². The van der Waals surface area contributed by atoms with Crippen LogP contribution in [0.4, 0.5) is 0 Å². The van der Waals surface area contributed by atoms with Gasteiger partial charge < -0.3 is 24.1 Å². The largest absolute Gasteiger partial charge is 0.493 e. The molecule has 7 nitrogen and oxygen atoms in total. The van der Waals surface area contributed by atoms with Crippen molar-refractivity contribution >= 4 is 11.8 Å². The number of carbonyl (C=O) groups excluding carboxylic acids is 1. The zero-order valence-electron chi connectivity index (χ0n) is 19.2. The van der Waals surface area contributed by atoms with E-state index in [4.69, 9.17) is 24.1 Å². The monoisotopic (exact) mass is 464 g/mol. The Kier molecular flexibility index (Phi) is 9.05. The standard InChI is InChI=1S/C27H28O7/c1-31-24-17-19(18-25(32-2)27(29)30)9-14-23(24)34-16-6-15-33-22-12-10-21(11-13-22)26(28)20-7-4-3-5-8-20/h3-5,7-14,17,25H,6,15-16,18H2,1-2H3,(H,29,30). The van der Waals surface area contributed by atoms with Crippen LogP contribution in [0, 0.1) is 0 Å². The maximum absolute atomic E-state index is 12.5. The van der Waals surface area contributed by atoms with Crippen molar-refractivity contribution in [3.63, 3.8) is 0 Å². The van der Waals surface area contributed by atoms with E-state index < -0.39 is 12.1 Å². The van der Waals surface area contributed by atoms with Crippen LogP contribution < -0.4 is 14.2 Å². The molecule has 3 aromatic carbocycles. The Morgan fingerprint density at radius 3 is 2.15 bits per heavy atom. The van der Waals surface area contributed by atoms with Gasteiger partial charge in [-0.1, -0.05) is 36.4 Å². The summed E-state index contributed by atoms with van der Waals surface area (Å²) < 4.78 is 21.9. The number of ketones is 1. The smallest absolute Gasteiger partial charge is 0.333 e. The highest BCUT2D eigenvalue weighted by molar-refractivity contribution is 6.08. The highest BCUT2D eigenvalue weighted by atomic mass is 16.5. The highest BCUT2D eigenvalue weighted by Crippen LogP contribution is 2.29. The van der Waals surface area contributed by atoms with Gasteiger partial charge in [0.2, 0.25) is 0 Å². The number of carboxylic acid groups (broad SMARTS) is 1. The lowest BCUT2D eigenvalue weighted by Crippen LogP contribution is -2.24. The van der Waals surface area contributed by atoms with Crippen LogP contribution in [0.25, 0.3) is 0 Å². The van der Waals surface area contributed by atoms with Crippen LogP contribution in [0.3, 0.4) is 0 Å². The first-order valence-electron chi connectivity index (χ1n) is 10.9. The molecule has 1 atom stereocenters. The molecule has 178 valence electrons. The fraction of sp³-hybridized carbons (Fsp3) is 0.259. The summed E-state index contributed by atoms with van der Waals surface area (Å²) in [6.45, 7) is 0.858. The molecule has 0 saturated carbocycles. The van der Waals surface area contributed by atoms with Crippen molar-refractivity contribution in [1.82, 2.24) is 0 Å². The van der Waals surface area contributed by atoms with Gasteiger partial charge in [0, 0.05) is 31.1 Å². The van der Waals surface area contributed by atoms with Crippen LogP contribution in [0.15, 0.2) is 72.8 Å². The number of hydrogen-bond donors (Lipinski definition) is 1. The number of carboxylic acids is 1. The summed E-state index contributed by atoms with van der Waals surface area (Å²) in [5.41, 5.74) is 2.03. The summed E-state index contributed by atoms with van der Waals surface area (Å²) in [7, 11) is 2.90. The van der Waals surface area contributed by atoms with E-state index in [2.05, 4.69) is 0 Å². The van der Waals surface area contributed by atoms with Gasteiger partial charge in [0.05, 0.1) is 20.3 Å². The minimum absolute atomic E-state index is 0.0267. The summed E-state index contributed by atoms with van der Waals surface area (Å²) in [4.78, 5) is 23.6. The fourth-order valence-corrected chi connectivity index (χ4v) is 3.33. The number of benzene rings is 3. The second kappa shape index (κ2) is 12.4. The van der Waals surface area contributed by atoms with E-state index in [0.717, 1.165) is 5.56 Å². The van der Waals surface area contributed by atoms with Gasteiger partial charge in [-0.25, -0.2) is 4.79 Å². The molecule has 0 amide bonds. The van der Waals surface area contributed by atoms with E-state index in [9.17, 15) is 9.59 Å². The Bertz CT molecular complexity index is 1080. The molecule has 3 aromatic rings. The predicted molar refractivity (Wildman–Crippen MR) is 127 cm³/mol. The van der Waals surface area contributed by atoms with Gasteiger partial charge in [-0.3, -0.25) is 4.79 Å². The van der Waals surface area contributed by atoms with E-state index in [1.165, 1.54) is 14.2 Å². The summed E-state index contributed by atoms with van der Waals surface area (Å²) >= 11 is 0. The molecule has 1 unspecified atom stereocenters. The molecular weight excluding hydrogens is 436 g/mol. The minimum atomic E-state index is -1.01. The third-order valence-corrected chi connectivity index (χ3v) is 5.18. The molecule has 1 N–H and O–H groups in total. The SMILES string of the molecule is COc1cc(CC(OC)C(=O)O)ccc1OCCCOc1ccc(C(=O)c2ccccc2)cc1. The number of aliphatic carboxylic acids is 1. The van der Waals surface area contributed by atoms with E-state index in [0.29, 0.717) is 48.0 Å². The second-order valence-corrected chi connectivity index (χ2v) is 7.52. The molecule has 0 aromatic heterocycles. The molecule has 0 spiro atoms. The maximum atomic E-state index is 12.5. The van der Waals surface area contributed by atoms with Gasteiger partial charge in [-0.15, -0.1) is 0 Å². The number of carbonyl (C=O) groups is 2. The zero-order chi connectivity index (χ0) is 24.3. The summed E-state index contributed by atoms with van der Waals surface area (Å²) in [6, 6.07) is 21.5. The molecular formula is C27H28O7. The Hall–Kier alpha value is -3.84. The first-order chi connectivity index (χ1) is 16.5. The van der Waals surface area contributed by atoms with Crippen LogP contribution >= 0.6 is 0 Å². The molecule has 0 aliphatic heterocycles. The molecule has 7 heteroatoms. The topological polar surface area (TPSA) is 91.3 Å². The first kappa shape index (κ1) is 24.8. The minimum Gasteiger partial charge on any atom is -0.493 e. The van der Waals surface area contributed by atoms with E-state index >= 15 is 0 Å². The van der Waals surface area contributed by atoms with Crippen LogP contribution in [0.1, 0.15) is 27.9 Å². The van der Waals surface area contributed by atoms with Gasteiger partial charge in [0.1, 0.15) is 5.75 Å². The third-order valence-electron chi connectivity index (χ3n) is 5.18. The predicted octanol–water partition coefficient (Wildman–Crippen LogP) is 4.42. The van der Waals surface area contributed by atoms with Crippen LogP contribution in [-0.4, -0.2) is 50.4 Å². The third kappa shape index (κ3) is 6.83. The zero-order valence-corrected chi connectivity index (χ0v) is 19.2. The Morgan fingerprint density at radius 1 is 0.824 bits per heavy atom. The molecule has 0 bridgehead atoms. The Morgan fingerprint density at radius 2 is 1.50 bits per heavy atom. The average molecular weight is 465 g/mol. The summed E-state index contributed by atoms with van der Waals surface area (Å²) in [6.07, 6.45) is -0.0500. The van der Waals surface area contributed by atoms with E-state index in [1.807, 2.05) is 18.2 Å². The molecule has 0 saturated heterocycles. The lowest BCUT2D eigenvalue weighted by molar-refractivity contribution is -0.148. The van der Waals surface area contributed by atoms with E-state index in [-0.39, 0.29) is 12.2 Å². The maximum Gasteiger partial charge on any atom is 0.333 e. The van der Waals surface area contributed by atoms with Gasteiger partial charge >= 0.3 is 5.97 Å². The van der Waals surface area contributed by atoms with Gasteiger partial charge in [0.15, 0.2) is 23.4 Å².